The molecule has 0 aliphatic carbocycles. The van der Waals surface area contributed by atoms with Crippen molar-refractivity contribution in [2.45, 2.75) is 39.7 Å². The van der Waals surface area contributed by atoms with E-state index in [0.717, 1.165) is 29.2 Å². The smallest absolute Gasteiger partial charge is 0.329 e. The molecule has 0 spiro atoms. The molecule has 0 bridgehead atoms. The van der Waals surface area contributed by atoms with E-state index in [2.05, 4.69) is 15.8 Å². The molecule has 0 fully saturated rings. The number of hydrazone groups is 1. The monoisotopic (exact) mass is 355 g/mol. The molecule has 0 aliphatic heterocycles. The van der Waals surface area contributed by atoms with E-state index in [4.69, 9.17) is 4.74 Å². The van der Waals surface area contributed by atoms with Gasteiger partial charge in [0.2, 0.25) is 0 Å². The van der Waals surface area contributed by atoms with E-state index in [-0.39, 0.29) is 6.04 Å². The van der Waals surface area contributed by atoms with Crippen molar-refractivity contribution in [1.29, 1.82) is 0 Å². The number of fused-ring (bicyclic) bond motifs is 1. The van der Waals surface area contributed by atoms with Gasteiger partial charge in [0.1, 0.15) is 5.75 Å². The molecular weight excluding hydrogens is 330 g/mol. The van der Waals surface area contributed by atoms with Gasteiger partial charge in [-0.2, -0.15) is 5.10 Å². The van der Waals surface area contributed by atoms with Gasteiger partial charge >= 0.3 is 11.8 Å². The van der Waals surface area contributed by atoms with Crippen LogP contribution in [0.15, 0.2) is 41.5 Å². The number of hydrogen-bond acceptors (Lipinski definition) is 4. The fourth-order valence-electron chi connectivity index (χ4n) is 2.34. The molecular formula is C20H25N3O3. The lowest BCUT2D eigenvalue weighted by Crippen LogP contribution is -2.41. The number of nitrogens with zero attached hydrogens (tertiary/aromatic N) is 1. The van der Waals surface area contributed by atoms with Crippen LogP contribution in [0.25, 0.3) is 10.8 Å². The predicted octanol–water partition coefficient (Wildman–Crippen LogP) is 2.99. The highest BCUT2D eigenvalue weighted by molar-refractivity contribution is 6.35. The Morgan fingerprint density at radius 3 is 2.65 bits per heavy atom. The van der Waals surface area contributed by atoms with Gasteiger partial charge in [0.25, 0.3) is 0 Å². The summed E-state index contributed by atoms with van der Waals surface area (Å²) in [7, 11) is 0. The molecule has 0 saturated heterocycles. The molecule has 6 nitrogen and oxygen atoms in total. The summed E-state index contributed by atoms with van der Waals surface area (Å²) in [5, 5.41) is 8.55. The maximum absolute atomic E-state index is 11.8. The molecule has 0 aliphatic rings. The average molecular weight is 355 g/mol. The standard InChI is InChI=1S/C20H25N3O3/c1-4-12-26-18-11-10-15-8-6-7-9-16(15)17(18)13-21-23-20(25)19(24)22-14(3)5-2/h6-11,13-14H,4-5,12H2,1-3H3,(H,22,24)(H,23,25)/b21-13-/t14-/m1/s1. The second-order valence-corrected chi connectivity index (χ2v) is 6.03. The maximum atomic E-state index is 11.8. The van der Waals surface area contributed by atoms with Crippen LogP contribution in [0.2, 0.25) is 0 Å². The van der Waals surface area contributed by atoms with E-state index in [1.807, 2.05) is 57.2 Å². The minimum atomic E-state index is -0.794. The molecule has 2 aromatic carbocycles. The van der Waals surface area contributed by atoms with Gasteiger partial charge in [0.15, 0.2) is 0 Å². The van der Waals surface area contributed by atoms with Gasteiger partial charge in [0.05, 0.1) is 12.8 Å². The summed E-state index contributed by atoms with van der Waals surface area (Å²) in [5.74, 6) is -0.803. The van der Waals surface area contributed by atoms with Crippen LogP contribution in [0.4, 0.5) is 0 Å². The van der Waals surface area contributed by atoms with E-state index < -0.39 is 11.8 Å². The van der Waals surface area contributed by atoms with Crippen LogP contribution in [-0.4, -0.2) is 30.7 Å². The lowest BCUT2D eigenvalue weighted by molar-refractivity contribution is -0.139. The third-order valence-corrected chi connectivity index (χ3v) is 3.95. The van der Waals surface area contributed by atoms with E-state index in [1.54, 1.807) is 0 Å². The molecule has 26 heavy (non-hydrogen) atoms. The Kier molecular flexibility index (Phi) is 7.14. The second kappa shape index (κ2) is 9.56. The molecule has 2 rings (SSSR count). The van der Waals surface area contributed by atoms with Gasteiger partial charge in [0, 0.05) is 11.6 Å². The highest BCUT2D eigenvalue weighted by Gasteiger charge is 2.14. The summed E-state index contributed by atoms with van der Waals surface area (Å²) in [5.41, 5.74) is 3.03. The molecule has 138 valence electrons. The molecule has 2 aromatic rings. The van der Waals surface area contributed by atoms with Gasteiger partial charge in [-0.1, -0.05) is 44.2 Å². The van der Waals surface area contributed by atoms with Crippen LogP contribution >= 0.6 is 0 Å². The maximum Gasteiger partial charge on any atom is 0.329 e. The molecule has 1 atom stereocenters. The van der Waals surface area contributed by atoms with E-state index in [1.165, 1.54) is 6.21 Å². The molecule has 0 radical (unpaired) electrons. The summed E-state index contributed by atoms with van der Waals surface area (Å²) >= 11 is 0. The first-order valence-electron chi connectivity index (χ1n) is 8.85. The first-order valence-corrected chi connectivity index (χ1v) is 8.85. The lowest BCUT2D eigenvalue weighted by Gasteiger charge is -2.11. The van der Waals surface area contributed by atoms with Gasteiger partial charge < -0.3 is 10.1 Å². The fraction of sp³-hybridized carbons (Fsp3) is 0.350. The van der Waals surface area contributed by atoms with Crippen molar-refractivity contribution >= 4 is 28.8 Å². The predicted molar refractivity (Wildman–Crippen MR) is 103 cm³/mol. The van der Waals surface area contributed by atoms with Crippen molar-refractivity contribution in [3.05, 3.63) is 42.0 Å². The van der Waals surface area contributed by atoms with Crippen molar-refractivity contribution in [2.75, 3.05) is 6.61 Å². The van der Waals surface area contributed by atoms with Crippen molar-refractivity contribution in [3.63, 3.8) is 0 Å². The third-order valence-electron chi connectivity index (χ3n) is 3.95. The summed E-state index contributed by atoms with van der Waals surface area (Å²) in [6, 6.07) is 11.6. The topological polar surface area (TPSA) is 79.8 Å². The normalized spacial score (nSPS) is 12.1. The highest BCUT2D eigenvalue weighted by Crippen LogP contribution is 2.26. The molecule has 0 aromatic heterocycles. The van der Waals surface area contributed by atoms with E-state index in [9.17, 15) is 9.59 Å². The number of carbonyl (C=O) groups excluding carboxylic acids is 2. The Balaban J connectivity index is 2.18. The van der Waals surface area contributed by atoms with Crippen LogP contribution in [0.1, 0.15) is 39.2 Å². The van der Waals surface area contributed by atoms with Crippen LogP contribution in [0, 0.1) is 0 Å². The molecule has 0 unspecified atom stereocenters. The largest absolute Gasteiger partial charge is 0.493 e. The van der Waals surface area contributed by atoms with E-state index >= 15 is 0 Å². The zero-order chi connectivity index (χ0) is 18.9. The van der Waals surface area contributed by atoms with E-state index in [0.29, 0.717) is 12.4 Å². The third kappa shape index (κ3) is 5.05. The number of ether oxygens (including phenoxy) is 1. The first kappa shape index (κ1) is 19.4. The van der Waals surface area contributed by atoms with Crippen molar-refractivity contribution in [1.82, 2.24) is 10.7 Å². The van der Waals surface area contributed by atoms with Crippen LogP contribution in [0.5, 0.6) is 5.75 Å². The van der Waals surface area contributed by atoms with Crippen LogP contribution in [0.3, 0.4) is 0 Å². The van der Waals surface area contributed by atoms with Crippen LogP contribution in [-0.2, 0) is 9.59 Å². The summed E-state index contributed by atoms with van der Waals surface area (Å²) < 4.78 is 5.78. The fourth-order valence-corrected chi connectivity index (χ4v) is 2.34. The zero-order valence-corrected chi connectivity index (χ0v) is 15.4. The average Bonchev–Trinajstić information content (AvgIpc) is 2.66. The molecule has 2 amide bonds. The quantitative estimate of drug-likeness (QED) is 0.455. The zero-order valence-electron chi connectivity index (χ0n) is 15.4. The number of benzene rings is 2. The van der Waals surface area contributed by atoms with Crippen molar-refractivity contribution in [2.24, 2.45) is 5.10 Å². The number of amides is 2. The van der Waals surface area contributed by atoms with Gasteiger partial charge in [-0.3, -0.25) is 9.59 Å². The first-order chi connectivity index (χ1) is 12.6. The Labute approximate surface area is 153 Å². The van der Waals surface area contributed by atoms with Gasteiger partial charge in [-0.15, -0.1) is 0 Å². The molecule has 2 N–H and O–H groups in total. The number of rotatable bonds is 7. The number of carbonyl (C=O) groups is 2. The van der Waals surface area contributed by atoms with Crippen molar-refractivity contribution < 1.29 is 14.3 Å². The highest BCUT2D eigenvalue weighted by atomic mass is 16.5. The van der Waals surface area contributed by atoms with Gasteiger partial charge in [-0.25, -0.2) is 5.43 Å². The SMILES string of the molecule is CCCOc1ccc2ccccc2c1/C=N\NC(=O)C(=O)N[C@H](C)CC. The summed E-state index contributed by atoms with van der Waals surface area (Å²) in [6.07, 6.45) is 3.15. The lowest BCUT2D eigenvalue weighted by atomic mass is 10.0. The Hall–Kier alpha value is -2.89. The minimum absolute atomic E-state index is 0.0654. The molecule has 6 heteroatoms. The summed E-state index contributed by atoms with van der Waals surface area (Å²) in [4.78, 5) is 23.6. The van der Waals surface area contributed by atoms with Crippen LogP contribution < -0.4 is 15.5 Å². The minimum Gasteiger partial charge on any atom is -0.493 e. The van der Waals surface area contributed by atoms with Gasteiger partial charge in [-0.05, 0) is 36.6 Å². The Morgan fingerprint density at radius 2 is 1.92 bits per heavy atom. The number of hydrogen-bond donors (Lipinski definition) is 2. The second-order valence-electron chi connectivity index (χ2n) is 6.03. The Morgan fingerprint density at radius 1 is 1.15 bits per heavy atom. The Bertz CT molecular complexity index is 802. The van der Waals surface area contributed by atoms with Crippen molar-refractivity contribution in [3.8, 4) is 5.75 Å². The summed E-state index contributed by atoms with van der Waals surface area (Å²) in [6.45, 7) is 6.38. The molecule has 0 heterocycles. The molecule has 0 saturated carbocycles. The number of nitrogens with one attached hydrogen (secondary N) is 2.